The highest BCUT2D eigenvalue weighted by atomic mass is 16.6. The van der Waals surface area contributed by atoms with Gasteiger partial charge in [-0.15, -0.1) is 0 Å². The second kappa shape index (κ2) is 4.59. The van der Waals surface area contributed by atoms with E-state index in [-0.39, 0.29) is 11.7 Å². The molecule has 2 aliphatic heterocycles. The Kier molecular flexibility index (Phi) is 2.85. The van der Waals surface area contributed by atoms with E-state index < -0.39 is 41.8 Å². The van der Waals surface area contributed by atoms with Gasteiger partial charge in [0, 0.05) is 5.92 Å². The van der Waals surface area contributed by atoms with Crippen molar-refractivity contribution in [3.63, 3.8) is 0 Å². The number of furan rings is 1. The molecule has 1 unspecified atom stereocenters. The Hall–Kier alpha value is -2.32. The number of carbonyl (C=O) groups is 2. The fourth-order valence-corrected chi connectivity index (χ4v) is 3.85. The van der Waals surface area contributed by atoms with Crippen LogP contribution in [-0.4, -0.2) is 46.1 Å². The highest BCUT2D eigenvalue weighted by molar-refractivity contribution is 5.97. The third-order valence-electron chi connectivity index (χ3n) is 4.87. The monoisotopic (exact) mass is 321 g/mol. The van der Waals surface area contributed by atoms with Crippen LogP contribution in [0.15, 0.2) is 34.6 Å². The van der Waals surface area contributed by atoms with E-state index in [9.17, 15) is 19.8 Å². The molecule has 1 aromatic rings. The van der Waals surface area contributed by atoms with Gasteiger partial charge in [0.2, 0.25) is 12.1 Å². The summed E-state index contributed by atoms with van der Waals surface area (Å²) < 4.78 is 15.5. The van der Waals surface area contributed by atoms with Gasteiger partial charge in [-0.3, -0.25) is 4.79 Å². The van der Waals surface area contributed by atoms with Crippen LogP contribution in [0.3, 0.4) is 0 Å². The predicted molar refractivity (Wildman–Crippen MR) is 72.6 cm³/mol. The first-order valence-electron chi connectivity index (χ1n) is 7.22. The van der Waals surface area contributed by atoms with Crippen molar-refractivity contribution in [2.45, 2.75) is 31.0 Å². The van der Waals surface area contributed by atoms with E-state index in [4.69, 9.17) is 13.9 Å². The number of aliphatic hydroxyl groups excluding tert-OH is 1. The van der Waals surface area contributed by atoms with E-state index in [0.717, 1.165) is 0 Å². The summed E-state index contributed by atoms with van der Waals surface area (Å²) in [5.41, 5.74) is -1.24. The van der Waals surface area contributed by atoms with Crippen molar-refractivity contribution in [3.05, 3.63) is 36.0 Å². The lowest BCUT2D eigenvalue weighted by Gasteiger charge is -2.36. The summed E-state index contributed by atoms with van der Waals surface area (Å²) in [4.78, 5) is 24.1. The lowest BCUT2D eigenvalue weighted by molar-refractivity contribution is -0.178. The van der Waals surface area contributed by atoms with Gasteiger partial charge in [0.05, 0.1) is 30.1 Å². The fourth-order valence-electron chi connectivity index (χ4n) is 3.85. The summed E-state index contributed by atoms with van der Waals surface area (Å²) in [6.45, 7) is 1.46. The molecule has 122 valence electrons. The molecule has 8 heteroatoms. The molecule has 3 aliphatic rings. The van der Waals surface area contributed by atoms with Gasteiger partial charge < -0.3 is 29.4 Å². The molecule has 3 N–H and O–H groups in total. The number of ether oxygens (including phenoxy) is 2. The SMILES string of the molecule is C[C@]1(O)[C@@H](OC(=O)c2ccco2)[C@H]2NC(=O)C3=COC(O)[C@H]1[C@@H]32. The van der Waals surface area contributed by atoms with Crippen molar-refractivity contribution in [3.8, 4) is 0 Å². The minimum atomic E-state index is -1.58. The number of carbonyl (C=O) groups excluding carboxylic acids is 2. The number of hydrogen-bond acceptors (Lipinski definition) is 7. The molecule has 2 fully saturated rings. The minimum absolute atomic E-state index is 0.00689. The van der Waals surface area contributed by atoms with E-state index in [1.165, 1.54) is 25.5 Å². The Morgan fingerprint density at radius 2 is 2.26 bits per heavy atom. The zero-order chi connectivity index (χ0) is 16.4. The maximum atomic E-state index is 12.1. The second-order valence-electron chi connectivity index (χ2n) is 6.18. The Morgan fingerprint density at radius 1 is 1.48 bits per heavy atom. The Balaban J connectivity index is 1.69. The number of nitrogens with one attached hydrogen (secondary N) is 1. The molecule has 23 heavy (non-hydrogen) atoms. The number of rotatable bonds is 2. The Labute approximate surface area is 130 Å². The summed E-state index contributed by atoms with van der Waals surface area (Å²) in [7, 11) is 0. The first-order chi connectivity index (χ1) is 10.9. The zero-order valence-electron chi connectivity index (χ0n) is 12.1. The molecule has 0 radical (unpaired) electrons. The lowest BCUT2D eigenvalue weighted by atomic mass is 9.81. The summed E-state index contributed by atoms with van der Waals surface area (Å²) in [6.07, 6.45) is 0.204. The fraction of sp³-hybridized carbons (Fsp3) is 0.467. The lowest BCUT2D eigenvalue weighted by Crippen LogP contribution is -2.52. The van der Waals surface area contributed by atoms with Crippen molar-refractivity contribution in [1.29, 1.82) is 0 Å². The van der Waals surface area contributed by atoms with Crippen LogP contribution >= 0.6 is 0 Å². The first kappa shape index (κ1) is 14.3. The molecular formula is C15H15NO7. The van der Waals surface area contributed by atoms with Crippen molar-refractivity contribution < 1.29 is 33.7 Å². The average molecular weight is 321 g/mol. The molecule has 1 saturated heterocycles. The molecule has 0 bridgehead atoms. The molecule has 3 heterocycles. The highest BCUT2D eigenvalue weighted by Crippen LogP contribution is 2.52. The van der Waals surface area contributed by atoms with Crippen LogP contribution < -0.4 is 5.32 Å². The second-order valence-corrected chi connectivity index (χ2v) is 6.18. The van der Waals surface area contributed by atoms with Gasteiger partial charge in [-0.2, -0.15) is 0 Å². The molecule has 1 saturated carbocycles. The maximum absolute atomic E-state index is 12.1. The molecule has 0 aromatic carbocycles. The van der Waals surface area contributed by atoms with E-state index in [0.29, 0.717) is 5.57 Å². The molecule has 1 amide bonds. The van der Waals surface area contributed by atoms with Gasteiger partial charge in [0.1, 0.15) is 5.60 Å². The van der Waals surface area contributed by atoms with Crippen LogP contribution in [0.2, 0.25) is 0 Å². The maximum Gasteiger partial charge on any atom is 0.374 e. The highest BCUT2D eigenvalue weighted by Gasteiger charge is 2.67. The van der Waals surface area contributed by atoms with Gasteiger partial charge in [-0.25, -0.2) is 4.79 Å². The van der Waals surface area contributed by atoms with Gasteiger partial charge in [-0.05, 0) is 19.1 Å². The molecule has 1 aromatic heterocycles. The number of amides is 1. The third-order valence-corrected chi connectivity index (χ3v) is 4.87. The van der Waals surface area contributed by atoms with E-state index in [1.54, 1.807) is 6.07 Å². The molecule has 4 rings (SSSR count). The van der Waals surface area contributed by atoms with Crippen molar-refractivity contribution in [2.24, 2.45) is 11.8 Å². The smallest absolute Gasteiger partial charge is 0.374 e. The van der Waals surface area contributed by atoms with Crippen molar-refractivity contribution in [2.75, 3.05) is 0 Å². The zero-order valence-corrected chi connectivity index (χ0v) is 12.1. The normalized spacial score (nSPS) is 40.9. The van der Waals surface area contributed by atoms with Gasteiger partial charge in [-0.1, -0.05) is 0 Å². The Morgan fingerprint density at radius 3 is 2.96 bits per heavy atom. The molecule has 8 nitrogen and oxygen atoms in total. The predicted octanol–water partition coefficient (Wildman–Crippen LogP) is -0.467. The molecule has 0 spiro atoms. The minimum Gasteiger partial charge on any atom is -0.472 e. The quantitative estimate of drug-likeness (QED) is 0.630. The molecule has 1 aliphatic carbocycles. The van der Waals surface area contributed by atoms with E-state index in [2.05, 4.69) is 5.32 Å². The largest absolute Gasteiger partial charge is 0.472 e. The Bertz CT molecular complexity index is 693. The van der Waals surface area contributed by atoms with Crippen LogP contribution in [0.25, 0.3) is 0 Å². The average Bonchev–Trinajstić information content (AvgIpc) is 3.16. The summed E-state index contributed by atoms with van der Waals surface area (Å²) >= 11 is 0. The number of esters is 1. The first-order valence-corrected chi connectivity index (χ1v) is 7.22. The van der Waals surface area contributed by atoms with E-state index >= 15 is 0 Å². The topological polar surface area (TPSA) is 118 Å². The number of hydrogen-bond donors (Lipinski definition) is 3. The standard InChI is InChI=1S/C15H15NO7/c1-15(20)9-8-6(5-22-14(9)19)12(17)16-10(8)11(15)23-13(18)7-3-2-4-21-7/h2-5,8-11,14,19-20H,1H3,(H,16,17)/t8-,9-,10+,11+,14?,15-/m1/s1. The molecule has 6 atom stereocenters. The van der Waals surface area contributed by atoms with Gasteiger partial charge >= 0.3 is 5.97 Å². The van der Waals surface area contributed by atoms with Gasteiger partial charge in [0.25, 0.3) is 5.91 Å². The van der Waals surface area contributed by atoms with Crippen LogP contribution in [0.1, 0.15) is 17.5 Å². The summed E-state index contributed by atoms with van der Waals surface area (Å²) in [5, 5.41) is 23.6. The van der Waals surface area contributed by atoms with Gasteiger partial charge in [0.15, 0.2) is 6.10 Å². The van der Waals surface area contributed by atoms with Crippen molar-refractivity contribution in [1.82, 2.24) is 5.32 Å². The summed E-state index contributed by atoms with van der Waals surface area (Å²) in [6, 6.07) is 2.35. The van der Waals surface area contributed by atoms with Crippen LogP contribution in [0, 0.1) is 11.8 Å². The van der Waals surface area contributed by atoms with Crippen LogP contribution in [-0.2, 0) is 14.3 Å². The van der Waals surface area contributed by atoms with E-state index in [1.807, 2.05) is 0 Å². The number of aliphatic hydroxyl groups is 2. The van der Waals surface area contributed by atoms with Crippen molar-refractivity contribution >= 4 is 11.9 Å². The van der Waals surface area contributed by atoms with Crippen LogP contribution in [0.5, 0.6) is 0 Å². The molecular weight excluding hydrogens is 306 g/mol. The third kappa shape index (κ3) is 1.85. The van der Waals surface area contributed by atoms with Crippen LogP contribution in [0.4, 0.5) is 0 Å². The summed E-state index contributed by atoms with van der Waals surface area (Å²) in [5.74, 6) is -2.39.